The van der Waals surface area contributed by atoms with Crippen molar-refractivity contribution in [1.82, 2.24) is 15.5 Å². The average Bonchev–Trinajstić information content (AvgIpc) is 2.64. The number of piperidine rings is 1. The minimum atomic E-state index is -0.587. The maximum absolute atomic E-state index is 12.7. The molecule has 0 saturated carbocycles. The number of carbonyl (C=O) groups is 3. The number of benzene rings is 1. The molecule has 1 aromatic rings. The third-order valence-electron chi connectivity index (χ3n) is 4.75. The van der Waals surface area contributed by atoms with Crippen LogP contribution in [-0.2, 0) is 9.59 Å². The van der Waals surface area contributed by atoms with Gasteiger partial charge in [0.05, 0.1) is 0 Å². The molecule has 0 aliphatic carbocycles. The van der Waals surface area contributed by atoms with Gasteiger partial charge in [-0.3, -0.25) is 14.4 Å². The molecule has 3 amide bonds. The number of likely N-dealkylation sites (tertiary alicyclic amines) is 1. The van der Waals surface area contributed by atoms with Crippen LogP contribution in [0.15, 0.2) is 30.3 Å². The predicted octanol–water partition coefficient (Wildman–Crippen LogP) is 1.82. The molecule has 6 nitrogen and oxygen atoms in total. The summed E-state index contributed by atoms with van der Waals surface area (Å²) in [6, 6.07) is 8.33. The Balaban J connectivity index is 2.07. The number of amides is 3. The quantitative estimate of drug-likeness (QED) is 0.813. The monoisotopic (exact) mass is 359 g/mol. The molecule has 1 saturated heterocycles. The minimum absolute atomic E-state index is 0.0189. The smallest absolute Gasteiger partial charge is 0.251 e. The Kier molecular flexibility index (Phi) is 7.18. The lowest BCUT2D eigenvalue weighted by Crippen LogP contribution is -2.54. The van der Waals surface area contributed by atoms with Crippen LogP contribution in [0.1, 0.15) is 44.0 Å². The molecular weight excluding hydrogens is 330 g/mol. The van der Waals surface area contributed by atoms with Crippen molar-refractivity contribution in [2.75, 3.05) is 19.6 Å². The minimum Gasteiger partial charge on any atom is -0.354 e. The van der Waals surface area contributed by atoms with Crippen LogP contribution in [0.3, 0.4) is 0 Å². The lowest BCUT2D eigenvalue weighted by molar-refractivity contribution is -0.130. The largest absolute Gasteiger partial charge is 0.354 e. The Labute approximate surface area is 155 Å². The number of rotatable bonds is 6. The van der Waals surface area contributed by atoms with Gasteiger partial charge < -0.3 is 15.5 Å². The molecule has 0 radical (unpaired) electrons. The Morgan fingerprint density at radius 1 is 1.12 bits per heavy atom. The van der Waals surface area contributed by atoms with Gasteiger partial charge in [-0.2, -0.15) is 0 Å². The summed E-state index contributed by atoms with van der Waals surface area (Å²) in [4.78, 5) is 38.6. The van der Waals surface area contributed by atoms with E-state index in [1.54, 1.807) is 36.1 Å². The molecule has 6 heteroatoms. The Morgan fingerprint density at radius 3 is 2.27 bits per heavy atom. The second-order valence-electron chi connectivity index (χ2n) is 7.30. The van der Waals surface area contributed by atoms with Crippen LogP contribution in [0.2, 0.25) is 0 Å². The molecule has 142 valence electrons. The highest BCUT2D eigenvalue weighted by Crippen LogP contribution is 2.21. The van der Waals surface area contributed by atoms with E-state index in [1.807, 2.05) is 19.9 Å². The zero-order valence-electron chi connectivity index (χ0n) is 15.8. The fraction of sp³-hybridized carbons (Fsp3) is 0.550. The maximum atomic E-state index is 12.7. The van der Waals surface area contributed by atoms with Gasteiger partial charge in [0.25, 0.3) is 5.91 Å². The van der Waals surface area contributed by atoms with Gasteiger partial charge in [0.2, 0.25) is 11.8 Å². The van der Waals surface area contributed by atoms with Crippen molar-refractivity contribution in [3.05, 3.63) is 35.9 Å². The zero-order chi connectivity index (χ0) is 19.1. The van der Waals surface area contributed by atoms with E-state index in [2.05, 4.69) is 10.6 Å². The number of carbonyl (C=O) groups excluding carboxylic acids is 3. The zero-order valence-corrected chi connectivity index (χ0v) is 15.8. The Morgan fingerprint density at radius 2 is 1.73 bits per heavy atom. The second-order valence-corrected chi connectivity index (χ2v) is 7.30. The second kappa shape index (κ2) is 9.36. The van der Waals surface area contributed by atoms with Gasteiger partial charge in [0.1, 0.15) is 6.04 Å². The summed E-state index contributed by atoms with van der Waals surface area (Å²) in [5.74, 6) is 0.0144. The molecule has 0 bridgehead atoms. The lowest BCUT2D eigenvalue weighted by Gasteiger charge is -2.35. The van der Waals surface area contributed by atoms with Gasteiger partial charge in [-0.15, -0.1) is 0 Å². The van der Waals surface area contributed by atoms with Crippen LogP contribution >= 0.6 is 0 Å². The van der Waals surface area contributed by atoms with Gasteiger partial charge in [-0.05, 0) is 36.8 Å². The highest BCUT2D eigenvalue weighted by molar-refractivity contribution is 5.97. The van der Waals surface area contributed by atoms with E-state index in [9.17, 15) is 14.4 Å². The average molecular weight is 359 g/mol. The van der Waals surface area contributed by atoms with Crippen molar-refractivity contribution in [2.45, 2.75) is 39.7 Å². The van der Waals surface area contributed by atoms with E-state index in [0.717, 1.165) is 0 Å². The lowest BCUT2D eigenvalue weighted by atomic mass is 9.88. The van der Waals surface area contributed by atoms with Crippen LogP contribution in [0, 0.1) is 11.8 Å². The molecule has 1 aliphatic rings. The van der Waals surface area contributed by atoms with Crippen molar-refractivity contribution < 1.29 is 14.4 Å². The molecule has 1 heterocycles. The summed E-state index contributed by atoms with van der Waals surface area (Å²) in [6.07, 6.45) is 1.41. The first-order valence-corrected chi connectivity index (χ1v) is 9.27. The fourth-order valence-corrected chi connectivity index (χ4v) is 3.17. The first kappa shape index (κ1) is 19.9. The predicted molar refractivity (Wildman–Crippen MR) is 101 cm³/mol. The van der Waals surface area contributed by atoms with Gasteiger partial charge >= 0.3 is 0 Å². The third kappa shape index (κ3) is 5.58. The van der Waals surface area contributed by atoms with E-state index in [1.165, 1.54) is 0 Å². The SMILES string of the molecule is CC(=O)N1CCC(C(NC(=O)c2ccccc2)C(=O)NCC(C)C)CC1. The molecule has 26 heavy (non-hydrogen) atoms. The number of nitrogens with zero attached hydrogens (tertiary/aromatic N) is 1. The molecule has 0 spiro atoms. The van der Waals surface area contributed by atoms with Gasteiger partial charge in [-0.1, -0.05) is 32.0 Å². The van der Waals surface area contributed by atoms with E-state index in [4.69, 9.17) is 0 Å². The number of hydrogen-bond acceptors (Lipinski definition) is 3. The molecule has 1 aromatic carbocycles. The highest BCUT2D eigenvalue weighted by Gasteiger charge is 2.33. The van der Waals surface area contributed by atoms with Crippen molar-refractivity contribution in [1.29, 1.82) is 0 Å². The number of hydrogen-bond donors (Lipinski definition) is 2. The molecule has 2 N–H and O–H groups in total. The van der Waals surface area contributed by atoms with E-state index >= 15 is 0 Å². The summed E-state index contributed by atoms with van der Waals surface area (Å²) < 4.78 is 0. The van der Waals surface area contributed by atoms with Crippen LogP contribution in [0.25, 0.3) is 0 Å². The Bertz CT molecular complexity index is 622. The fourth-order valence-electron chi connectivity index (χ4n) is 3.17. The summed E-state index contributed by atoms with van der Waals surface area (Å²) >= 11 is 0. The Hall–Kier alpha value is -2.37. The molecule has 1 atom stereocenters. The molecule has 1 unspecified atom stereocenters. The third-order valence-corrected chi connectivity index (χ3v) is 4.75. The van der Waals surface area contributed by atoms with E-state index < -0.39 is 6.04 Å². The van der Waals surface area contributed by atoms with E-state index in [0.29, 0.717) is 44.0 Å². The standard InChI is InChI=1S/C20H29N3O3/c1-14(2)13-21-20(26)18(16-9-11-23(12-10-16)15(3)24)22-19(25)17-7-5-4-6-8-17/h4-8,14,16,18H,9-13H2,1-3H3,(H,21,26)(H,22,25). The molecule has 0 aromatic heterocycles. The topological polar surface area (TPSA) is 78.5 Å². The summed E-state index contributed by atoms with van der Waals surface area (Å²) in [5.41, 5.74) is 0.537. The molecular formula is C20H29N3O3. The first-order chi connectivity index (χ1) is 12.4. The summed E-state index contributed by atoms with van der Waals surface area (Å²) in [7, 11) is 0. The van der Waals surface area contributed by atoms with Crippen molar-refractivity contribution in [3.63, 3.8) is 0 Å². The van der Waals surface area contributed by atoms with Crippen LogP contribution in [-0.4, -0.2) is 48.3 Å². The molecule has 1 fully saturated rings. The molecule has 1 aliphatic heterocycles. The summed E-state index contributed by atoms with van der Waals surface area (Å²) in [6.45, 7) is 7.43. The number of nitrogens with one attached hydrogen (secondary N) is 2. The molecule has 2 rings (SSSR count). The normalized spacial score (nSPS) is 16.2. The van der Waals surface area contributed by atoms with Gasteiger partial charge in [-0.25, -0.2) is 0 Å². The first-order valence-electron chi connectivity index (χ1n) is 9.27. The van der Waals surface area contributed by atoms with Crippen molar-refractivity contribution >= 4 is 17.7 Å². The summed E-state index contributed by atoms with van der Waals surface area (Å²) in [5, 5.41) is 5.85. The van der Waals surface area contributed by atoms with Crippen molar-refractivity contribution in [2.24, 2.45) is 11.8 Å². The van der Waals surface area contributed by atoms with Crippen LogP contribution < -0.4 is 10.6 Å². The highest BCUT2D eigenvalue weighted by atomic mass is 16.2. The van der Waals surface area contributed by atoms with Gasteiger partial charge in [0.15, 0.2) is 0 Å². The van der Waals surface area contributed by atoms with Crippen LogP contribution in [0.4, 0.5) is 0 Å². The van der Waals surface area contributed by atoms with E-state index in [-0.39, 0.29) is 23.6 Å². The van der Waals surface area contributed by atoms with Gasteiger partial charge in [0, 0.05) is 32.1 Å². The maximum Gasteiger partial charge on any atom is 0.251 e. The van der Waals surface area contributed by atoms with Crippen molar-refractivity contribution in [3.8, 4) is 0 Å². The van der Waals surface area contributed by atoms with Crippen LogP contribution in [0.5, 0.6) is 0 Å².